The van der Waals surface area contributed by atoms with E-state index >= 15 is 0 Å². The van der Waals surface area contributed by atoms with Crippen LogP contribution in [0.25, 0.3) is 0 Å². The molecule has 0 aromatic heterocycles. The minimum atomic E-state index is -1.04. The van der Waals surface area contributed by atoms with Crippen LogP contribution in [0, 0.1) is 0 Å². The molecule has 3 N–H and O–H groups in total. The molecule has 2 aromatic rings. The van der Waals surface area contributed by atoms with Crippen LogP contribution in [-0.2, 0) is 37.0 Å². The molecule has 12 heteroatoms. The quantitative estimate of drug-likeness (QED) is 0.210. The van der Waals surface area contributed by atoms with Gasteiger partial charge in [0.15, 0.2) is 5.78 Å². The van der Waals surface area contributed by atoms with Crippen LogP contribution < -0.4 is 15.0 Å². The van der Waals surface area contributed by atoms with Gasteiger partial charge in [-0.25, -0.2) is 4.79 Å². The largest absolute Gasteiger partial charge is 0.490 e. The summed E-state index contributed by atoms with van der Waals surface area (Å²) >= 11 is 0. The lowest BCUT2D eigenvalue weighted by Crippen LogP contribution is -2.55. The Morgan fingerprint density at radius 2 is 1.80 bits per heavy atom. The Bertz CT molecular complexity index is 1210. The van der Waals surface area contributed by atoms with Gasteiger partial charge in [-0.2, -0.15) is 0 Å². The van der Waals surface area contributed by atoms with Crippen LogP contribution in [-0.4, -0.2) is 119 Å². The second-order valence-electron chi connectivity index (χ2n) is 11.4. The smallest absolute Gasteiger partial charge is 0.407 e. The first-order valence-corrected chi connectivity index (χ1v) is 15.5. The van der Waals surface area contributed by atoms with Crippen molar-refractivity contribution in [3.05, 3.63) is 59.2 Å². The zero-order valence-electron chi connectivity index (χ0n) is 26.3. The molecule has 0 aliphatic carbocycles. The summed E-state index contributed by atoms with van der Waals surface area (Å²) in [6.45, 7) is 4.69. The van der Waals surface area contributed by atoms with Crippen LogP contribution in [0.5, 0.6) is 5.75 Å². The van der Waals surface area contributed by atoms with Crippen LogP contribution in [0.4, 0.5) is 10.5 Å². The second kappa shape index (κ2) is 18.0. The number of carbonyl (C=O) groups excluding carboxylic acids is 1. The van der Waals surface area contributed by atoms with Crippen LogP contribution in [0.15, 0.2) is 42.5 Å². The third-order valence-corrected chi connectivity index (χ3v) is 8.25. The minimum Gasteiger partial charge on any atom is -0.490 e. The van der Waals surface area contributed by atoms with Gasteiger partial charge in [0.05, 0.1) is 57.9 Å². The molecular weight excluding hydrogens is 582 g/mol. The lowest BCUT2D eigenvalue weighted by molar-refractivity contribution is -0.120. The topological polar surface area (TPSA) is 139 Å². The van der Waals surface area contributed by atoms with E-state index in [0.29, 0.717) is 46.1 Å². The van der Waals surface area contributed by atoms with Crippen molar-refractivity contribution in [2.24, 2.45) is 0 Å². The fourth-order valence-corrected chi connectivity index (χ4v) is 5.86. The van der Waals surface area contributed by atoms with E-state index < -0.39 is 18.8 Å². The lowest BCUT2D eigenvalue weighted by Gasteiger charge is -2.43. The number of piperidine rings is 1. The van der Waals surface area contributed by atoms with E-state index in [1.807, 2.05) is 24.3 Å². The number of Topliss-reactive ketones (excluding diaryl/α,β-unsaturated/α-hetero) is 1. The number of benzene rings is 2. The van der Waals surface area contributed by atoms with Gasteiger partial charge in [-0.05, 0) is 41.7 Å². The Labute approximate surface area is 265 Å². The number of aliphatic hydroxyl groups excluding tert-OH is 1. The average Bonchev–Trinajstić information content (AvgIpc) is 3.06. The Morgan fingerprint density at radius 3 is 2.53 bits per heavy atom. The van der Waals surface area contributed by atoms with Gasteiger partial charge in [-0.1, -0.05) is 30.3 Å². The van der Waals surface area contributed by atoms with Gasteiger partial charge in [-0.3, -0.25) is 4.79 Å². The van der Waals surface area contributed by atoms with Crippen molar-refractivity contribution in [3.8, 4) is 5.75 Å². The van der Waals surface area contributed by atoms with Gasteiger partial charge in [0, 0.05) is 45.9 Å². The highest BCUT2D eigenvalue weighted by atomic mass is 16.5. The number of hydrogen-bond acceptors (Lipinski definition) is 10. The van der Waals surface area contributed by atoms with Crippen LogP contribution in [0.1, 0.15) is 35.4 Å². The normalized spacial score (nSPS) is 19.7. The summed E-state index contributed by atoms with van der Waals surface area (Å²) in [7, 11) is 3.34. The van der Waals surface area contributed by atoms with Gasteiger partial charge < -0.3 is 49.0 Å². The molecule has 2 aliphatic heterocycles. The maximum absolute atomic E-state index is 12.4. The SMILES string of the molecule is COCCCN1CCOc2ccc(CO[C@H]3CN(C(=O)O)[C@@H](CNCC(=O)CO)C[C@@H]3c3ccc(COCCOC)cc3)cc21. The Balaban J connectivity index is 1.50. The molecule has 0 bridgehead atoms. The van der Waals surface area contributed by atoms with Gasteiger partial charge in [0.2, 0.25) is 0 Å². The highest BCUT2D eigenvalue weighted by Gasteiger charge is 2.39. The lowest BCUT2D eigenvalue weighted by atomic mass is 9.82. The Kier molecular flexibility index (Phi) is 13.9. The van der Waals surface area contributed by atoms with Crippen molar-refractivity contribution < 1.29 is 43.5 Å². The first-order valence-electron chi connectivity index (χ1n) is 15.5. The minimum absolute atomic E-state index is 0.0205. The van der Waals surface area contributed by atoms with E-state index in [9.17, 15) is 14.7 Å². The summed E-state index contributed by atoms with van der Waals surface area (Å²) in [4.78, 5) is 27.7. The predicted octanol–water partition coefficient (Wildman–Crippen LogP) is 2.66. The van der Waals surface area contributed by atoms with Gasteiger partial charge in [0.25, 0.3) is 0 Å². The predicted molar refractivity (Wildman–Crippen MR) is 168 cm³/mol. The molecule has 0 spiro atoms. The van der Waals surface area contributed by atoms with E-state index in [4.69, 9.17) is 28.8 Å². The number of methoxy groups -OCH3 is 2. The third kappa shape index (κ3) is 10.1. The highest BCUT2D eigenvalue weighted by Crippen LogP contribution is 2.36. The number of hydrogen-bond donors (Lipinski definition) is 3. The van der Waals surface area contributed by atoms with Crippen molar-refractivity contribution in [2.75, 3.05) is 84.9 Å². The Morgan fingerprint density at radius 1 is 1.02 bits per heavy atom. The fourth-order valence-electron chi connectivity index (χ4n) is 5.86. The number of likely N-dealkylation sites (tertiary alicyclic amines) is 1. The summed E-state index contributed by atoms with van der Waals surface area (Å²) in [5, 5.41) is 22.2. The first kappa shape index (κ1) is 34.6. The van der Waals surface area contributed by atoms with Gasteiger partial charge in [-0.15, -0.1) is 0 Å². The number of amides is 1. The zero-order valence-corrected chi connectivity index (χ0v) is 26.3. The molecule has 248 valence electrons. The summed E-state index contributed by atoms with van der Waals surface area (Å²) in [5.74, 6) is 0.411. The first-order chi connectivity index (χ1) is 21.9. The molecule has 0 unspecified atom stereocenters. The monoisotopic (exact) mass is 629 g/mol. The molecule has 1 fully saturated rings. The molecule has 2 aliphatic rings. The van der Waals surface area contributed by atoms with Crippen LogP contribution >= 0.6 is 0 Å². The number of aliphatic hydroxyl groups is 1. The molecule has 4 rings (SSSR count). The number of carbonyl (C=O) groups is 2. The molecule has 3 atom stereocenters. The standard InChI is InChI=1S/C33H47N3O9/c1-41-12-3-10-35-11-13-44-31-9-6-25(16-30(31)35)23-45-32-20-36(33(39)40)27(18-34-19-28(38)21-37)17-29(32)26-7-4-24(5-8-26)22-43-15-14-42-2/h4-9,16,27,29,32,34,37H,3,10-15,17-23H2,1-2H3,(H,39,40)/t27-,29-,32+/m1/s1. The molecule has 45 heavy (non-hydrogen) atoms. The van der Waals surface area contributed by atoms with E-state index in [1.54, 1.807) is 14.2 Å². The van der Waals surface area contributed by atoms with E-state index in [2.05, 4.69) is 28.4 Å². The fraction of sp³-hybridized carbons (Fsp3) is 0.576. The van der Waals surface area contributed by atoms with Crippen LogP contribution in [0.3, 0.4) is 0 Å². The van der Waals surface area contributed by atoms with Crippen molar-refractivity contribution in [1.82, 2.24) is 10.2 Å². The summed E-state index contributed by atoms with van der Waals surface area (Å²) < 4.78 is 28.4. The number of ether oxygens (including phenoxy) is 5. The number of carboxylic acid groups (broad SMARTS) is 1. The Hall–Kier alpha value is -3.26. The molecule has 2 aromatic carbocycles. The molecule has 1 saturated heterocycles. The summed E-state index contributed by atoms with van der Waals surface area (Å²) in [6, 6.07) is 13.8. The summed E-state index contributed by atoms with van der Waals surface area (Å²) in [5.41, 5.74) is 4.08. The molecular formula is C33H47N3O9. The maximum Gasteiger partial charge on any atom is 0.407 e. The van der Waals surface area contributed by atoms with Crippen molar-refractivity contribution in [3.63, 3.8) is 0 Å². The van der Waals surface area contributed by atoms with Crippen molar-refractivity contribution in [2.45, 2.75) is 44.1 Å². The number of nitrogens with zero attached hydrogens (tertiary/aromatic N) is 2. The van der Waals surface area contributed by atoms with Crippen molar-refractivity contribution in [1.29, 1.82) is 0 Å². The number of anilines is 1. The average molecular weight is 630 g/mol. The zero-order chi connectivity index (χ0) is 32.0. The molecule has 12 nitrogen and oxygen atoms in total. The molecule has 1 amide bonds. The van der Waals surface area contributed by atoms with E-state index in [-0.39, 0.29) is 37.4 Å². The second-order valence-corrected chi connectivity index (χ2v) is 11.4. The molecule has 0 radical (unpaired) electrons. The number of rotatable bonds is 18. The van der Waals surface area contributed by atoms with Crippen LogP contribution in [0.2, 0.25) is 0 Å². The van der Waals surface area contributed by atoms with E-state index in [1.165, 1.54) is 4.90 Å². The van der Waals surface area contributed by atoms with Gasteiger partial charge >= 0.3 is 6.09 Å². The molecule has 2 heterocycles. The van der Waals surface area contributed by atoms with Crippen molar-refractivity contribution >= 4 is 17.6 Å². The maximum atomic E-state index is 12.4. The van der Waals surface area contributed by atoms with E-state index in [0.717, 1.165) is 47.6 Å². The molecule has 0 saturated carbocycles. The highest BCUT2D eigenvalue weighted by molar-refractivity contribution is 5.81. The number of nitrogens with one attached hydrogen (secondary N) is 1. The summed E-state index contributed by atoms with van der Waals surface area (Å²) in [6.07, 6.45) is -0.0196. The van der Waals surface area contributed by atoms with Gasteiger partial charge in [0.1, 0.15) is 19.0 Å². The number of fused-ring (bicyclic) bond motifs is 1. The third-order valence-electron chi connectivity index (χ3n) is 8.25. The number of ketones is 1.